The van der Waals surface area contributed by atoms with Crippen LogP contribution in [-0.4, -0.2) is 20.8 Å². The zero-order chi connectivity index (χ0) is 13.5. The van der Waals surface area contributed by atoms with E-state index in [0.717, 1.165) is 22.3 Å². The average molecular weight is 314 g/mol. The summed E-state index contributed by atoms with van der Waals surface area (Å²) in [7, 11) is 3.35. The Labute approximate surface area is 117 Å². The van der Waals surface area contributed by atoms with Gasteiger partial charge in [0.25, 0.3) is 0 Å². The number of halogens is 1. The second-order valence-corrected chi connectivity index (χ2v) is 5.25. The zero-order valence-electron chi connectivity index (χ0n) is 11.1. The lowest BCUT2D eigenvalue weighted by Gasteiger charge is -2.16. The molecule has 0 fully saturated rings. The van der Waals surface area contributed by atoms with Crippen molar-refractivity contribution in [2.75, 3.05) is 20.8 Å². The van der Waals surface area contributed by atoms with Gasteiger partial charge in [-0.1, -0.05) is 28.6 Å². The minimum atomic E-state index is 0.251. The number of nitrogens with one attached hydrogen (secondary N) is 1. The van der Waals surface area contributed by atoms with Crippen LogP contribution >= 0.6 is 15.9 Å². The third-order valence-corrected chi connectivity index (χ3v) is 2.98. The van der Waals surface area contributed by atoms with E-state index >= 15 is 0 Å². The maximum Gasteiger partial charge on any atom is 0.124 e. The molecular formula is C14H20BrNO2. The first-order valence-electron chi connectivity index (χ1n) is 5.81. The van der Waals surface area contributed by atoms with Gasteiger partial charge < -0.3 is 14.8 Å². The number of rotatable bonds is 7. The molecule has 0 saturated heterocycles. The summed E-state index contributed by atoms with van der Waals surface area (Å²) in [6.07, 6.45) is 0. The summed E-state index contributed by atoms with van der Waals surface area (Å²) < 4.78 is 11.4. The van der Waals surface area contributed by atoms with Gasteiger partial charge in [0.05, 0.1) is 13.7 Å². The van der Waals surface area contributed by atoms with Gasteiger partial charge in [-0.25, -0.2) is 0 Å². The molecule has 18 heavy (non-hydrogen) atoms. The van der Waals surface area contributed by atoms with E-state index in [-0.39, 0.29) is 6.04 Å². The highest BCUT2D eigenvalue weighted by Crippen LogP contribution is 2.24. The molecule has 0 bridgehead atoms. The Morgan fingerprint density at radius 3 is 2.72 bits per heavy atom. The van der Waals surface area contributed by atoms with Crippen LogP contribution in [0.15, 0.2) is 29.3 Å². The smallest absolute Gasteiger partial charge is 0.124 e. The predicted molar refractivity (Wildman–Crippen MR) is 78.2 cm³/mol. The third kappa shape index (κ3) is 4.44. The van der Waals surface area contributed by atoms with E-state index in [0.29, 0.717) is 6.61 Å². The lowest BCUT2D eigenvalue weighted by Crippen LogP contribution is -2.19. The van der Waals surface area contributed by atoms with Crippen molar-refractivity contribution < 1.29 is 9.47 Å². The van der Waals surface area contributed by atoms with Gasteiger partial charge in [0, 0.05) is 29.7 Å². The number of hydrogen-bond donors (Lipinski definition) is 1. The molecular weight excluding hydrogens is 294 g/mol. The number of ether oxygens (including phenoxy) is 2. The normalized spacial score (nSPS) is 12.2. The lowest BCUT2D eigenvalue weighted by molar-refractivity contribution is 0.181. The maximum atomic E-state index is 5.31. The Kier molecular flexibility index (Phi) is 6.39. The van der Waals surface area contributed by atoms with E-state index in [4.69, 9.17) is 9.47 Å². The Morgan fingerprint density at radius 2 is 2.17 bits per heavy atom. The highest BCUT2D eigenvalue weighted by Gasteiger charge is 2.09. The van der Waals surface area contributed by atoms with E-state index < -0.39 is 0 Å². The quantitative estimate of drug-likeness (QED) is 0.837. The van der Waals surface area contributed by atoms with Gasteiger partial charge in [-0.3, -0.25) is 0 Å². The molecule has 1 N–H and O–H groups in total. The minimum absolute atomic E-state index is 0.251. The van der Waals surface area contributed by atoms with Crippen molar-refractivity contribution in [2.24, 2.45) is 0 Å². The minimum Gasteiger partial charge on any atom is -0.496 e. The topological polar surface area (TPSA) is 30.5 Å². The monoisotopic (exact) mass is 313 g/mol. The van der Waals surface area contributed by atoms with Crippen molar-refractivity contribution in [3.63, 3.8) is 0 Å². The molecule has 1 rings (SSSR count). The van der Waals surface area contributed by atoms with Gasteiger partial charge in [0.2, 0.25) is 0 Å². The van der Waals surface area contributed by atoms with Crippen LogP contribution in [0.1, 0.15) is 24.1 Å². The molecule has 0 aliphatic carbocycles. The van der Waals surface area contributed by atoms with Gasteiger partial charge in [-0.05, 0) is 24.6 Å². The largest absolute Gasteiger partial charge is 0.496 e. The van der Waals surface area contributed by atoms with E-state index in [9.17, 15) is 0 Å². The van der Waals surface area contributed by atoms with Crippen molar-refractivity contribution in [3.05, 3.63) is 40.4 Å². The predicted octanol–water partition coefficient (Wildman–Crippen LogP) is 3.40. The van der Waals surface area contributed by atoms with Crippen LogP contribution in [0.4, 0.5) is 0 Å². The van der Waals surface area contributed by atoms with Crippen LogP contribution < -0.4 is 10.1 Å². The second kappa shape index (κ2) is 7.56. The number of benzene rings is 1. The van der Waals surface area contributed by atoms with E-state index in [1.54, 1.807) is 14.2 Å². The molecule has 0 aromatic heterocycles. The summed E-state index contributed by atoms with van der Waals surface area (Å²) >= 11 is 3.34. The molecule has 0 spiro atoms. The second-order valence-electron chi connectivity index (χ2n) is 4.12. The summed E-state index contributed by atoms with van der Waals surface area (Å²) in [5.41, 5.74) is 2.26. The molecule has 1 aromatic rings. The molecule has 0 heterocycles. The molecule has 0 saturated carbocycles. The SMILES string of the molecule is C=C(Br)CNC(C)c1ccc(OC)c(COC)c1. The van der Waals surface area contributed by atoms with Crippen LogP contribution in [-0.2, 0) is 11.3 Å². The van der Waals surface area contributed by atoms with Gasteiger partial charge in [-0.2, -0.15) is 0 Å². The fourth-order valence-corrected chi connectivity index (χ4v) is 1.88. The zero-order valence-corrected chi connectivity index (χ0v) is 12.7. The maximum absolute atomic E-state index is 5.31. The van der Waals surface area contributed by atoms with Crippen molar-refractivity contribution in [3.8, 4) is 5.75 Å². The summed E-state index contributed by atoms with van der Waals surface area (Å²) in [4.78, 5) is 0. The van der Waals surface area contributed by atoms with Crippen molar-refractivity contribution >= 4 is 15.9 Å². The Morgan fingerprint density at radius 1 is 1.44 bits per heavy atom. The van der Waals surface area contributed by atoms with Crippen molar-refractivity contribution in [2.45, 2.75) is 19.6 Å². The summed E-state index contributed by atoms with van der Waals surface area (Å²) in [5.74, 6) is 0.859. The van der Waals surface area contributed by atoms with Crippen LogP contribution in [0.3, 0.4) is 0 Å². The Balaban J connectivity index is 2.82. The molecule has 0 radical (unpaired) electrons. The fourth-order valence-electron chi connectivity index (χ4n) is 1.72. The van der Waals surface area contributed by atoms with Crippen LogP contribution in [0.25, 0.3) is 0 Å². The molecule has 0 aliphatic rings. The highest BCUT2D eigenvalue weighted by molar-refractivity contribution is 9.11. The number of hydrogen-bond acceptors (Lipinski definition) is 3. The molecule has 0 aliphatic heterocycles. The summed E-state index contributed by atoms with van der Waals surface area (Å²) in [6, 6.07) is 6.40. The van der Waals surface area contributed by atoms with Crippen LogP contribution in [0, 0.1) is 0 Å². The summed E-state index contributed by atoms with van der Waals surface area (Å²) in [5, 5.41) is 3.38. The standard InChI is InChI=1S/C14H20BrNO2/c1-10(15)8-16-11(2)12-5-6-14(18-4)13(7-12)9-17-3/h5-7,11,16H,1,8-9H2,2-4H3. The molecule has 1 atom stereocenters. The van der Waals surface area contributed by atoms with E-state index in [1.807, 2.05) is 6.07 Å². The van der Waals surface area contributed by atoms with Crippen molar-refractivity contribution in [1.29, 1.82) is 0 Å². The van der Waals surface area contributed by atoms with Gasteiger partial charge in [-0.15, -0.1) is 0 Å². The first kappa shape index (κ1) is 15.2. The van der Waals surface area contributed by atoms with E-state index in [2.05, 4.69) is 46.9 Å². The molecule has 0 amide bonds. The fraction of sp³-hybridized carbons (Fsp3) is 0.429. The molecule has 100 valence electrons. The number of methoxy groups -OCH3 is 2. The van der Waals surface area contributed by atoms with Gasteiger partial charge in [0.1, 0.15) is 5.75 Å². The highest BCUT2D eigenvalue weighted by atomic mass is 79.9. The summed E-state index contributed by atoms with van der Waals surface area (Å²) in [6.45, 7) is 7.22. The first-order valence-corrected chi connectivity index (χ1v) is 6.60. The molecule has 1 aromatic carbocycles. The first-order chi connectivity index (χ1) is 8.58. The van der Waals surface area contributed by atoms with Crippen LogP contribution in [0.2, 0.25) is 0 Å². The molecule has 1 unspecified atom stereocenters. The third-order valence-electron chi connectivity index (χ3n) is 2.70. The van der Waals surface area contributed by atoms with Crippen molar-refractivity contribution in [1.82, 2.24) is 5.32 Å². The molecule has 4 heteroatoms. The van der Waals surface area contributed by atoms with Gasteiger partial charge >= 0.3 is 0 Å². The Bertz CT molecular complexity index is 407. The Hall–Kier alpha value is -0.840. The molecule has 3 nitrogen and oxygen atoms in total. The van der Waals surface area contributed by atoms with Gasteiger partial charge in [0.15, 0.2) is 0 Å². The lowest BCUT2D eigenvalue weighted by atomic mass is 10.0. The average Bonchev–Trinajstić information content (AvgIpc) is 2.36. The van der Waals surface area contributed by atoms with Crippen LogP contribution in [0.5, 0.6) is 5.75 Å². The van der Waals surface area contributed by atoms with E-state index in [1.165, 1.54) is 5.56 Å².